The number of pyridine rings is 1. The van der Waals surface area contributed by atoms with Crippen molar-refractivity contribution in [1.29, 1.82) is 0 Å². The van der Waals surface area contributed by atoms with Gasteiger partial charge in [-0.3, -0.25) is 9.78 Å². The minimum absolute atomic E-state index is 0.0841. The van der Waals surface area contributed by atoms with Crippen molar-refractivity contribution in [2.75, 3.05) is 19.0 Å². The standard InChI is InChI=1S/C11H13ClF2N2O/c1-8-3-2-5-15-10(8)11(17)16(6-4-12)7-9(13)14/h2-3,5,9H,4,6-7H2,1H3. The number of carbonyl (C=O) groups is 1. The summed E-state index contributed by atoms with van der Waals surface area (Å²) in [6.45, 7) is 1.17. The molecule has 0 radical (unpaired) electrons. The second-order valence-electron chi connectivity index (χ2n) is 3.50. The maximum absolute atomic E-state index is 12.3. The quantitative estimate of drug-likeness (QED) is 0.763. The minimum Gasteiger partial charge on any atom is -0.330 e. The lowest BCUT2D eigenvalue weighted by atomic mass is 10.2. The summed E-state index contributed by atoms with van der Waals surface area (Å²) in [4.78, 5) is 16.9. The van der Waals surface area contributed by atoms with Gasteiger partial charge in [0.25, 0.3) is 12.3 Å². The Labute approximate surface area is 103 Å². The minimum atomic E-state index is -2.58. The van der Waals surface area contributed by atoms with Crippen molar-refractivity contribution in [3.8, 4) is 0 Å². The first-order valence-electron chi connectivity index (χ1n) is 5.11. The third kappa shape index (κ3) is 3.93. The van der Waals surface area contributed by atoms with Gasteiger partial charge in [0.1, 0.15) is 5.69 Å². The fraction of sp³-hybridized carbons (Fsp3) is 0.455. The normalized spacial score (nSPS) is 10.6. The molecule has 0 saturated carbocycles. The molecular formula is C11H13ClF2N2O. The summed E-state index contributed by atoms with van der Waals surface area (Å²) in [6.07, 6.45) is -1.12. The molecule has 6 heteroatoms. The molecular weight excluding hydrogens is 250 g/mol. The monoisotopic (exact) mass is 262 g/mol. The fourth-order valence-electron chi connectivity index (χ4n) is 1.40. The van der Waals surface area contributed by atoms with Crippen molar-refractivity contribution in [3.05, 3.63) is 29.6 Å². The first-order chi connectivity index (χ1) is 8.06. The van der Waals surface area contributed by atoms with Crippen molar-refractivity contribution < 1.29 is 13.6 Å². The molecule has 0 aliphatic heterocycles. The average Bonchev–Trinajstić information content (AvgIpc) is 2.28. The number of aryl methyl sites for hydroxylation is 1. The summed E-state index contributed by atoms with van der Waals surface area (Å²) in [5, 5.41) is 0. The van der Waals surface area contributed by atoms with E-state index in [0.717, 1.165) is 4.90 Å². The number of aromatic nitrogens is 1. The van der Waals surface area contributed by atoms with Gasteiger partial charge in [-0.1, -0.05) is 6.07 Å². The predicted molar refractivity (Wildman–Crippen MR) is 61.6 cm³/mol. The largest absolute Gasteiger partial charge is 0.330 e. The molecule has 1 rings (SSSR count). The highest BCUT2D eigenvalue weighted by Crippen LogP contribution is 2.09. The molecule has 0 fully saturated rings. The van der Waals surface area contributed by atoms with Crippen LogP contribution in [0.15, 0.2) is 18.3 Å². The van der Waals surface area contributed by atoms with Gasteiger partial charge in [-0.05, 0) is 18.6 Å². The number of alkyl halides is 3. The van der Waals surface area contributed by atoms with Crippen LogP contribution >= 0.6 is 11.6 Å². The summed E-state index contributed by atoms with van der Waals surface area (Å²) >= 11 is 5.49. The second kappa shape index (κ2) is 6.49. The summed E-state index contributed by atoms with van der Waals surface area (Å²) in [6, 6.07) is 3.40. The number of hydrogen-bond donors (Lipinski definition) is 0. The fourth-order valence-corrected chi connectivity index (χ4v) is 1.61. The van der Waals surface area contributed by atoms with Gasteiger partial charge in [-0.25, -0.2) is 8.78 Å². The van der Waals surface area contributed by atoms with E-state index in [1.807, 2.05) is 0 Å². The van der Waals surface area contributed by atoms with Crippen LogP contribution in [-0.4, -0.2) is 41.2 Å². The van der Waals surface area contributed by atoms with Gasteiger partial charge in [0.05, 0.1) is 6.54 Å². The Morgan fingerprint density at radius 3 is 2.82 bits per heavy atom. The number of amides is 1. The first-order valence-corrected chi connectivity index (χ1v) is 5.64. The Morgan fingerprint density at radius 2 is 2.29 bits per heavy atom. The van der Waals surface area contributed by atoms with E-state index in [0.29, 0.717) is 5.56 Å². The molecule has 94 valence electrons. The molecule has 1 aromatic rings. The SMILES string of the molecule is Cc1cccnc1C(=O)N(CCCl)CC(F)F. The smallest absolute Gasteiger partial charge is 0.272 e. The first kappa shape index (κ1) is 13.8. The van der Waals surface area contributed by atoms with Crippen molar-refractivity contribution >= 4 is 17.5 Å². The summed E-state index contributed by atoms with van der Waals surface area (Å²) < 4.78 is 24.7. The number of rotatable bonds is 5. The topological polar surface area (TPSA) is 33.2 Å². The third-order valence-corrected chi connectivity index (χ3v) is 2.38. The van der Waals surface area contributed by atoms with Crippen LogP contribution in [0.5, 0.6) is 0 Å². The number of hydrogen-bond acceptors (Lipinski definition) is 2. The molecule has 3 nitrogen and oxygen atoms in total. The summed E-state index contributed by atoms with van der Waals surface area (Å²) in [5.74, 6) is -0.395. The molecule has 0 atom stereocenters. The Balaban J connectivity index is 2.88. The summed E-state index contributed by atoms with van der Waals surface area (Å²) in [7, 11) is 0. The molecule has 0 aliphatic rings. The van der Waals surface area contributed by atoms with Crippen LogP contribution in [0.2, 0.25) is 0 Å². The van der Waals surface area contributed by atoms with Crippen molar-refractivity contribution in [2.24, 2.45) is 0 Å². The van der Waals surface area contributed by atoms with Gasteiger partial charge >= 0.3 is 0 Å². The highest BCUT2D eigenvalue weighted by molar-refractivity contribution is 6.18. The van der Waals surface area contributed by atoms with Crippen LogP contribution in [0.25, 0.3) is 0 Å². The number of halogens is 3. The Kier molecular flexibility index (Phi) is 5.28. The van der Waals surface area contributed by atoms with E-state index in [1.54, 1.807) is 19.1 Å². The predicted octanol–water partition coefficient (Wildman–Crippen LogP) is 2.34. The van der Waals surface area contributed by atoms with Crippen LogP contribution in [-0.2, 0) is 0 Å². The van der Waals surface area contributed by atoms with Gasteiger partial charge in [0.15, 0.2) is 0 Å². The molecule has 0 N–H and O–H groups in total. The van der Waals surface area contributed by atoms with Crippen molar-refractivity contribution in [3.63, 3.8) is 0 Å². The molecule has 1 amide bonds. The molecule has 0 aliphatic carbocycles. The van der Waals surface area contributed by atoms with Crippen LogP contribution in [0.3, 0.4) is 0 Å². The Hall–Kier alpha value is -1.23. The maximum Gasteiger partial charge on any atom is 0.272 e. The lowest BCUT2D eigenvalue weighted by Crippen LogP contribution is -2.37. The summed E-state index contributed by atoms with van der Waals surface area (Å²) in [5.41, 5.74) is 0.851. The van der Waals surface area contributed by atoms with Crippen LogP contribution < -0.4 is 0 Å². The van der Waals surface area contributed by atoms with Crippen LogP contribution in [0.1, 0.15) is 16.1 Å². The van der Waals surface area contributed by atoms with E-state index in [4.69, 9.17) is 11.6 Å². The van der Waals surface area contributed by atoms with E-state index in [-0.39, 0.29) is 18.1 Å². The van der Waals surface area contributed by atoms with Gasteiger partial charge < -0.3 is 4.90 Å². The zero-order valence-electron chi connectivity index (χ0n) is 9.37. The zero-order valence-corrected chi connectivity index (χ0v) is 10.1. The molecule has 0 saturated heterocycles. The Morgan fingerprint density at radius 1 is 1.59 bits per heavy atom. The molecule has 0 bridgehead atoms. The van der Waals surface area contributed by atoms with Gasteiger partial charge in [0, 0.05) is 18.6 Å². The van der Waals surface area contributed by atoms with Gasteiger partial charge in [-0.2, -0.15) is 0 Å². The van der Waals surface area contributed by atoms with Crippen molar-refractivity contribution in [2.45, 2.75) is 13.3 Å². The third-order valence-electron chi connectivity index (χ3n) is 2.21. The molecule has 1 heterocycles. The van der Waals surface area contributed by atoms with Crippen molar-refractivity contribution in [1.82, 2.24) is 9.88 Å². The molecule has 17 heavy (non-hydrogen) atoms. The van der Waals surface area contributed by atoms with E-state index in [2.05, 4.69) is 4.98 Å². The molecule has 0 unspecified atom stereocenters. The highest BCUT2D eigenvalue weighted by atomic mass is 35.5. The lowest BCUT2D eigenvalue weighted by molar-refractivity contribution is 0.0565. The van der Waals surface area contributed by atoms with E-state index in [1.165, 1.54) is 6.20 Å². The van der Waals surface area contributed by atoms with Gasteiger partial charge in [-0.15, -0.1) is 11.6 Å². The highest BCUT2D eigenvalue weighted by Gasteiger charge is 2.21. The lowest BCUT2D eigenvalue weighted by Gasteiger charge is -2.21. The van der Waals surface area contributed by atoms with Crippen LogP contribution in [0.4, 0.5) is 8.78 Å². The Bertz CT molecular complexity index is 387. The van der Waals surface area contributed by atoms with Gasteiger partial charge in [0.2, 0.25) is 0 Å². The molecule has 0 spiro atoms. The number of carbonyl (C=O) groups excluding carboxylic acids is 1. The van der Waals surface area contributed by atoms with E-state index < -0.39 is 18.9 Å². The maximum atomic E-state index is 12.3. The molecule has 0 aromatic carbocycles. The van der Waals surface area contributed by atoms with E-state index >= 15 is 0 Å². The van der Waals surface area contributed by atoms with E-state index in [9.17, 15) is 13.6 Å². The average molecular weight is 263 g/mol. The second-order valence-corrected chi connectivity index (χ2v) is 3.88. The number of nitrogens with zero attached hydrogens (tertiary/aromatic N) is 2. The zero-order chi connectivity index (χ0) is 12.8. The van der Waals surface area contributed by atoms with Crippen LogP contribution in [0, 0.1) is 6.92 Å². The molecule has 1 aromatic heterocycles.